The maximum atomic E-state index is 12.0. The van der Waals surface area contributed by atoms with Crippen molar-refractivity contribution in [3.8, 4) is 0 Å². The van der Waals surface area contributed by atoms with Crippen molar-refractivity contribution in [2.45, 2.75) is 20.8 Å². The van der Waals surface area contributed by atoms with E-state index in [2.05, 4.69) is 5.32 Å². The van der Waals surface area contributed by atoms with E-state index >= 15 is 0 Å². The van der Waals surface area contributed by atoms with E-state index in [1.54, 1.807) is 39.0 Å². The van der Waals surface area contributed by atoms with Crippen molar-refractivity contribution in [1.82, 2.24) is 0 Å². The summed E-state index contributed by atoms with van der Waals surface area (Å²) in [5, 5.41) is 2.77. The van der Waals surface area contributed by atoms with E-state index in [0.717, 1.165) is 0 Å². The summed E-state index contributed by atoms with van der Waals surface area (Å²) in [7, 11) is 0. The van der Waals surface area contributed by atoms with Gasteiger partial charge in [-0.1, -0.05) is 6.07 Å². The van der Waals surface area contributed by atoms with Gasteiger partial charge in [0.15, 0.2) is 0 Å². The Kier molecular flexibility index (Phi) is 4.08. The van der Waals surface area contributed by atoms with Crippen LogP contribution in [0.4, 0.5) is 5.69 Å². The van der Waals surface area contributed by atoms with Crippen LogP contribution >= 0.6 is 0 Å². The minimum atomic E-state index is -0.658. The second kappa shape index (κ2) is 5.18. The number of amides is 2. The summed E-state index contributed by atoms with van der Waals surface area (Å²) in [6.07, 6.45) is 0. The summed E-state index contributed by atoms with van der Waals surface area (Å²) in [6.45, 7) is 5.50. The average Bonchev–Trinajstić information content (AvgIpc) is 2.31. The quantitative estimate of drug-likeness (QED) is 0.742. The number of nitrogens with one attached hydrogen (secondary N) is 1. The third kappa shape index (κ3) is 2.87. The molecule has 0 bridgehead atoms. The topological polar surface area (TPSA) is 98.2 Å². The molecule has 0 saturated heterocycles. The lowest BCUT2D eigenvalue weighted by Crippen LogP contribution is -2.37. The van der Waals surface area contributed by atoms with Crippen LogP contribution in [0, 0.1) is 12.3 Å². The Labute approximate surface area is 107 Å². The van der Waals surface area contributed by atoms with Gasteiger partial charge in [-0.2, -0.15) is 0 Å². The lowest BCUT2D eigenvalue weighted by Gasteiger charge is -2.22. The first-order valence-corrected chi connectivity index (χ1v) is 5.70. The van der Waals surface area contributed by atoms with E-state index in [1.165, 1.54) is 0 Å². The van der Waals surface area contributed by atoms with Crippen LogP contribution in [0.1, 0.15) is 29.8 Å². The molecule has 0 aliphatic rings. The van der Waals surface area contributed by atoms with Crippen LogP contribution in [0.5, 0.6) is 0 Å². The fourth-order valence-corrected chi connectivity index (χ4v) is 1.42. The van der Waals surface area contributed by atoms with Gasteiger partial charge in [0.2, 0.25) is 11.8 Å². The predicted molar refractivity (Wildman–Crippen MR) is 71.2 cm³/mol. The number of nitrogens with two attached hydrogens (primary N) is 2. The van der Waals surface area contributed by atoms with Crippen molar-refractivity contribution in [2.24, 2.45) is 16.9 Å². The third-order valence-electron chi connectivity index (χ3n) is 2.97. The van der Waals surface area contributed by atoms with Crippen LogP contribution in [0.25, 0.3) is 0 Å². The molecule has 5 nitrogen and oxygen atoms in total. The highest BCUT2D eigenvalue weighted by Gasteiger charge is 2.26. The summed E-state index contributed by atoms with van der Waals surface area (Å²) >= 11 is 0. The molecule has 0 aliphatic heterocycles. The summed E-state index contributed by atoms with van der Waals surface area (Å²) in [6, 6.07) is 5.03. The minimum absolute atomic E-state index is 0.185. The minimum Gasteiger partial charge on any atom is -0.366 e. The molecule has 0 heterocycles. The molecule has 0 spiro atoms. The van der Waals surface area contributed by atoms with Gasteiger partial charge in [0.25, 0.3) is 0 Å². The summed E-state index contributed by atoms with van der Waals surface area (Å²) < 4.78 is 0. The van der Waals surface area contributed by atoms with Crippen molar-refractivity contribution in [2.75, 3.05) is 11.9 Å². The zero-order valence-electron chi connectivity index (χ0n) is 10.9. The largest absolute Gasteiger partial charge is 0.366 e. The van der Waals surface area contributed by atoms with Gasteiger partial charge < -0.3 is 16.8 Å². The number of hydrogen-bond acceptors (Lipinski definition) is 3. The Morgan fingerprint density at radius 2 is 1.94 bits per heavy atom. The molecule has 5 heteroatoms. The molecule has 0 fully saturated rings. The molecule has 1 aromatic rings. The van der Waals surface area contributed by atoms with Gasteiger partial charge in [0.1, 0.15) is 0 Å². The van der Waals surface area contributed by atoms with Crippen LogP contribution in [0.15, 0.2) is 18.2 Å². The number of anilines is 1. The second-order valence-electron chi connectivity index (χ2n) is 4.88. The number of hydrogen-bond donors (Lipinski definition) is 3. The Bertz CT molecular complexity index is 481. The molecule has 0 aliphatic carbocycles. The smallest absolute Gasteiger partial charge is 0.249 e. The SMILES string of the molecule is Cc1c(NC(=O)C(C)(C)CN)cccc1C(N)=O. The second-order valence-corrected chi connectivity index (χ2v) is 4.88. The van der Waals surface area contributed by atoms with E-state index < -0.39 is 11.3 Å². The first kappa shape index (κ1) is 14.2. The molecule has 0 saturated carbocycles. The molecule has 0 unspecified atom stereocenters. The van der Waals surface area contributed by atoms with E-state index in [0.29, 0.717) is 16.8 Å². The zero-order valence-corrected chi connectivity index (χ0v) is 10.9. The van der Waals surface area contributed by atoms with Crippen molar-refractivity contribution in [1.29, 1.82) is 0 Å². The molecule has 5 N–H and O–H groups in total. The maximum absolute atomic E-state index is 12.0. The molecular weight excluding hydrogens is 230 g/mol. The Morgan fingerprint density at radius 3 is 2.44 bits per heavy atom. The van der Waals surface area contributed by atoms with Gasteiger partial charge in [0, 0.05) is 17.8 Å². The van der Waals surface area contributed by atoms with Gasteiger partial charge in [-0.3, -0.25) is 9.59 Å². The van der Waals surface area contributed by atoms with Crippen molar-refractivity contribution in [3.63, 3.8) is 0 Å². The van der Waals surface area contributed by atoms with Crippen LogP contribution in [-0.2, 0) is 4.79 Å². The van der Waals surface area contributed by atoms with Crippen LogP contribution in [0.3, 0.4) is 0 Å². The van der Waals surface area contributed by atoms with E-state index in [4.69, 9.17) is 11.5 Å². The first-order chi connectivity index (χ1) is 8.29. The van der Waals surface area contributed by atoms with Gasteiger partial charge in [0.05, 0.1) is 5.41 Å². The molecule has 0 aromatic heterocycles. The molecule has 1 aromatic carbocycles. The van der Waals surface area contributed by atoms with Gasteiger partial charge in [-0.25, -0.2) is 0 Å². The number of primary amides is 1. The molecule has 98 valence electrons. The summed E-state index contributed by atoms with van der Waals surface area (Å²) in [5.74, 6) is -0.698. The van der Waals surface area contributed by atoms with Crippen LogP contribution < -0.4 is 16.8 Å². The van der Waals surface area contributed by atoms with Crippen LogP contribution in [0.2, 0.25) is 0 Å². The molecule has 0 atom stereocenters. The van der Waals surface area contributed by atoms with Crippen molar-refractivity contribution < 1.29 is 9.59 Å². The molecule has 0 radical (unpaired) electrons. The van der Waals surface area contributed by atoms with Crippen molar-refractivity contribution >= 4 is 17.5 Å². The number of carbonyl (C=O) groups is 2. The summed E-state index contributed by atoms with van der Waals surface area (Å²) in [4.78, 5) is 23.2. The van der Waals surface area contributed by atoms with E-state index in [-0.39, 0.29) is 12.5 Å². The normalized spacial score (nSPS) is 11.1. The number of benzene rings is 1. The Morgan fingerprint density at radius 1 is 1.33 bits per heavy atom. The van der Waals surface area contributed by atoms with Gasteiger partial charge in [-0.15, -0.1) is 0 Å². The molecule has 2 amide bonds. The van der Waals surface area contributed by atoms with Crippen LogP contribution in [-0.4, -0.2) is 18.4 Å². The number of carbonyl (C=O) groups excluding carboxylic acids is 2. The Hall–Kier alpha value is -1.88. The molecule has 1 rings (SSSR count). The highest BCUT2D eigenvalue weighted by atomic mass is 16.2. The van der Waals surface area contributed by atoms with Crippen molar-refractivity contribution in [3.05, 3.63) is 29.3 Å². The zero-order chi connectivity index (χ0) is 13.9. The lowest BCUT2D eigenvalue weighted by atomic mass is 9.92. The maximum Gasteiger partial charge on any atom is 0.249 e. The monoisotopic (exact) mass is 249 g/mol. The third-order valence-corrected chi connectivity index (χ3v) is 2.97. The van der Waals surface area contributed by atoms with Gasteiger partial charge >= 0.3 is 0 Å². The fraction of sp³-hybridized carbons (Fsp3) is 0.385. The molecule has 18 heavy (non-hydrogen) atoms. The first-order valence-electron chi connectivity index (χ1n) is 5.70. The average molecular weight is 249 g/mol. The number of rotatable bonds is 4. The molecular formula is C13H19N3O2. The predicted octanol–water partition coefficient (Wildman–Crippen LogP) is 1.02. The standard InChI is InChI=1S/C13H19N3O2/c1-8-9(11(15)17)5-4-6-10(8)16-12(18)13(2,3)7-14/h4-6H,7,14H2,1-3H3,(H2,15,17)(H,16,18). The van der Waals surface area contributed by atoms with E-state index in [1.807, 2.05) is 0 Å². The van der Waals surface area contributed by atoms with Gasteiger partial charge in [-0.05, 0) is 38.5 Å². The Balaban J connectivity index is 3.03. The highest BCUT2D eigenvalue weighted by Crippen LogP contribution is 2.22. The summed E-state index contributed by atoms with van der Waals surface area (Å²) in [5.41, 5.74) is 11.8. The fourth-order valence-electron chi connectivity index (χ4n) is 1.42. The highest BCUT2D eigenvalue weighted by molar-refractivity contribution is 5.99. The lowest BCUT2D eigenvalue weighted by molar-refractivity contribution is -0.123. The van der Waals surface area contributed by atoms with E-state index in [9.17, 15) is 9.59 Å².